The molecule has 3 heteroatoms. The lowest BCUT2D eigenvalue weighted by Crippen LogP contribution is -2.38. The van der Waals surface area contributed by atoms with Gasteiger partial charge in [-0.1, -0.05) is 20.8 Å². The second kappa shape index (κ2) is 5.22. The Hall–Kier alpha value is -0.570. The van der Waals surface area contributed by atoms with Gasteiger partial charge in [0.15, 0.2) is 0 Å². The number of hydrogen-bond donors (Lipinski definition) is 1. The Bertz CT molecular complexity index is 166. The van der Waals surface area contributed by atoms with Gasteiger partial charge in [0.25, 0.3) is 0 Å². The van der Waals surface area contributed by atoms with Gasteiger partial charge in [-0.15, -0.1) is 0 Å². The molecule has 0 aromatic carbocycles. The maximum Gasteiger partial charge on any atom is 0.307 e. The van der Waals surface area contributed by atoms with Crippen molar-refractivity contribution in [3.8, 4) is 0 Å². The van der Waals surface area contributed by atoms with Gasteiger partial charge in [0.1, 0.15) is 0 Å². The predicted octanol–water partition coefficient (Wildman–Crippen LogP) is 1.68. The Balaban J connectivity index is 4.32. The summed E-state index contributed by atoms with van der Waals surface area (Å²) in [6.07, 6.45) is 0.931. The van der Waals surface area contributed by atoms with Crippen molar-refractivity contribution in [3.05, 3.63) is 0 Å². The molecule has 0 bridgehead atoms. The number of hydrogen-bond acceptors (Lipinski definition) is 2. The second-order valence-electron chi connectivity index (χ2n) is 4.29. The highest BCUT2D eigenvalue weighted by Gasteiger charge is 2.25. The van der Waals surface area contributed by atoms with Crippen LogP contribution in [0, 0.1) is 11.8 Å². The van der Waals surface area contributed by atoms with Gasteiger partial charge in [-0.2, -0.15) is 0 Å². The van der Waals surface area contributed by atoms with Crippen molar-refractivity contribution in [1.29, 1.82) is 0 Å². The van der Waals surface area contributed by atoms with Gasteiger partial charge in [0.05, 0.1) is 5.92 Å². The van der Waals surface area contributed by atoms with Crippen LogP contribution in [0.5, 0.6) is 0 Å². The number of carboxylic acids is 1. The number of nitrogens with zero attached hydrogens (tertiary/aromatic N) is 1. The summed E-state index contributed by atoms with van der Waals surface area (Å²) in [6.45, 7) is 6.01. The second-order valence-corrected chi connectivity index (χ2v) is 4.29. The van der Waals surface area contributed by atoms with E-state index in [1.54, 1.807) is 6.92 Å². The third-order valence-electron chi connectivity index (χ3n) is 2.34. The maximum atomic E-state index is 10.8. The number of rotatable bonds is 5. The number of aliphatic carboxylic acids is 1. The molecule has 0 aliphatic heterocycles. The minimum absolute atomic E-state index is 0.137. The summed E-state index contributed by atoms with van der Waals surface area (Å²) in [5, 5.41) is 8.89. The summed E-state index contributed by atoms with van der Waals surface area (Å²) in [6, 6.07) is 0.137. The highest BCUT2D eigenvalue weighted by molar-refractivity contribution is 5.70. The fraction of sp³-hybridized carbons (Fsp3) is 0.900. The van der Waals surface area contributed by atoms with E-state index in [9.17, 15) is 4.79 Å². The van der Waals surface area contributed by atoms with E-state index in [0.717, 1.165) is 6.42 Å². The summed E-state index contributed by atoms with van der Waals surface area (Å²) in [5.41, 5.74) is 0. The SMILES string of the molecule is CC(C)CC(C(C)C(=O)O)N(C)C. The van der Waals surface area contributed by atoms with E-state index in [4.69, 9.17) is 5.11 Å². The van der Waals surface area contributed by atoms with Crippen LogP contribution in [0.25, 0.3) is 0 Å². The molecule has 0 aliphatic carbocycles. The van der Waals surface area contributed by atoms with Crippen molar-refractivity contribution in [2.75, 3.05) is 14.1 Å². The van der Waals surface area contributed by atoms with E-state index in [1.807, 2.05) is 19.0 Å². The van der Waals surface area contributed by atoms with Crippen LogP contribution in [0.15, 0.2) is 0 Å². The predicted molar refractivity (Wildman–Crippen MR) is 53.7 cm³/mol. The van der Waals surface area contributed by atoms with Crippen LogP contribution in [-0.2, 0) is 4.79 Å². The molecule has 0 heterocycles. The first-order valence-electron chi connectivity index (χ1n) is 4.75. The standard InChI is InChI=1S/C10H21NO2/c1-7(2)6-9(11(4)5)8(3)10(12)13/h7-9H,6H2,1-5H3,(H,12,13). The summed E-state index contributed by atoms with van der Waals surface area (Å²) in [7, 11) is 3.87. The van der Waals surface area contributed by atoms with Gasteiger partial charge in [-0.25, -0.2) is 0 Å². The van der Waals surface area contributed by atoms with Crippen LogP contribution in [0.4, 0.5) is 0 Å². The summed E-state index contributed by atoms with van der Waals surface area (Å²) < 4.78 is 0. The topological polar surface area (TPSA) is 40.5 Å². The van der Waals surface area contributed by atoms with Crippen molar-refractivity contribution >= 4 is 5.97 Å². The average Bonchev–Trinajstić information content (AvgIpc) is 1.97. The zero-order valence-corrected chi connectivity index (χ0v) is 9.24. The minimum Gasteiger partial charge on any atom is -0.481 e. The van der Waals surface area contributed by atoms with Crippen molar-refractivity contribution in [2.45, 2.75) is 33.2 Å². The highest BCUT2D eigenvalue weighted by atomic mass is 16.4. The van der Waals surface area contributed by atoms with Crippen LogP contribution in [0.2, 0.25) is 0 Å². The average molecular weight is 187 g/mol. The Morgan fingerprint density at radius 3 is 2.00 bits per heavy atom. The van der Waals surface area contributed by atoms with Crippen LogP contribution in [0.1, 0.15) is 27.2 Å². The minimum atomic E-state index is -0.709. The van der Waals surface area contributed by atoms with Crippen molar-refractivity contribution in [3.63, 3.8) is 0 Å². The van der Waals surface area contributed by atoms with Gasteiger partial charge < -0.3 is 10.0 Å². The third-order valence-corrected chi connectivity index (χ3v) is 2.34. The lowest BCUT2D eigenvalue weighted by atomic mass is 9.92. The first-order valence-corrected chi connectivity index (χ1v) is 4.75. The van der Waals surface area contributed by atoms with E-state index in [0.29, 0.717) is 5.92 Å². The molecular weight excluding hydrogens is 166 g/mol. The molecule has 1 N–H and O–H groups in total. The Morgan fingerprint density at radius 2 is 1.77 bits per heavy atom. The number of carboxylic acid groups (broad SMARTS) is 1. The molecule has 0 saturated carbocycles. The van der Waals surface area contributed by atoms with Crippen LogP contribution in [0.3, 0.4) is 0 Å². The lowest BCUT2D eigenvalue weighted by molar-refractivity contribution is -0.143. The molecule has 2 atom stereocenters. The van der Waals surface area contributed by atoms with E-state index < -0.39 is 5.97 Å². The van der Waals surface area contributed by atoms with E-state index in [2.05, 4.69) is 13.8 Å². The van der Waals surface area contributed by atoms with Crippen molar-refractivity contribution in [1.82, 2.24) is 4.90 Å². The Morgan fingerprint density at radius 1 is 1.31 bits per heavy atom. The fourth-order valence-corrected chi connectivity index (χ4v) is 1.51. The molecule has 0 aromatic heterocycles. The molecule has 78 valence electrons. The largest absolute Gasteiger partial charge is 0.481 e. The van der Waals surface area contributed by atoms with Gasteiger partial charge in [-0.05, 0) is 26.4 Å². The van der Waals surface area contributed by atoms with Crippen LogP contribution >= 0.6 is 0 Å². The molecule has 0 aromatic rings. The molecule has 13 heavy (non-hydrogen) atoms. The molecule has 0 amide bonds. The molecule has 3 nitrogen and oxygen atoms in total. The first kappa shape index (κ1) is 12.4. The summed E-state index contributed by atoms with van der Waals surface area (Å²) >= 11 is 0. The van der Waals surface area contributed by atoms with Crippen LogP contribution < -0.4 is 0 Å². The molecule has 0 fully saturated rings. The third kappa shape index (κ3) is 4.27. The Kier molecular flexibility index (Phi) is 4.99. The highest BCUT2D eigenvalue weighted by Crippen LogP contribution is 2.17. The maximum absolute atomic E-state index is 10.8. The number of carbonyl (C=O) groups is 1. The monoisotopic (exact) mass is 187 g/mol. The molecule has 0 aliphatic rings. The van der Waals surface area contributed by atoms with Crippen molar-refractivity contribution in [2.24, 2.45) is 11.8 Å². The van der Waals surface area contributed by atoms with Crippen LogP contribution in [-0.4, -0.2) is 36.1 Å². The fourth-order valence-electron chi connectivity index (χ4n) is 1.51. The van der Waals surface area contributed by atoms with Gasteiger partial charge in [0, 0.05) is 6.04 Å². The van der Waals surface area contributed by atoms with E-state index >= 15 is 0 Å². The van der Waals surface area contributed by atoms with E-state index in [1.165, 1.54) is 0 Å². The molecule has 0 rings (SSSR count). The Labute approximate surface area is 80.7 Å². The quantitative estimate of drug-likeness (QED) is 0.712. The zero-order chi connectivity index (χ0) is 10.6. The van der Waals surface area contributed by atoms with Gasteiger partial charge in [0.2, 0.25) is 0 Å². The molecule has 2 unspecified atom stereocenters. The zero-order valence-electron chi connectivity index (χ0n) is 9.24. The summed E-state index contributed by atoms with van der Waals surface area (Å²) in [5.74, 6) is -0.467. The molecule has 0 saturated heterocycles. The molecule has 0 spiro atoms. The lowest BCUT2D eigenvalue weighted by Gasteiger charge is -2.29. The normalized spacial score (nSPS) is 16.2. The summed E-state index contributed by atoms with van der Waals surface area (Å²) in [4.78, 5) is 12.8. The smallest absolute Gasteiger partial charge is 0.307 e. The van der Waals surface area contributed by atoms with Gasteiger partial charge in [-0.3, -0.25) is 4.79 Å². The molecular formula is C10H21NO2. The van der Waals surface area contributed by atoms with Crippen molar-refractivity contribution < 1.29 is 9.90 Å². The molecule has 0 radical (unpaired) electrons. The van der Waals surface area contributed by atoms with Gasteiger partial charge >= 0.3 is 5.97 Å². The van der Waals surface area contributed by atoms with E-state index in [-0.39, 0.29) is 12.0 Å². The first-order chi connectivity index (χ1) is 5.86.